The molecule has 1 heterocycles. The van der Waals surface area contributed by atoms with Gasteiger partial charge in [0.25, 0.3) is 0 Å². The number of rotatable bonds is 5. The lowest BCUT2D eigenvalue weighted by Crippen LogP contribution is -2.13. The van der Waals surface area contributed by atoms with E-state index in [-0.39, 0.29) is 12.5 Å². The van der Waals surface area contributed by atoms with Gasteiger partial charge in [-0.1, -0.05) is 0 Å². The van der Waals surface area contributed by atoms with Crippen LogP contribution >= 0.6 is 0 Å². The van der Waals surface area contributed by atoms with Gasteiger partial charge in [0.15, 0.2) is 0 Å². The first-order chi connectivity index (χ1) is 6.76. The van der Waals surface area contributed by atoms with Crippen LogP contribution in [0, 0.1) is 0 Å². The number of nitrogens with zero attached hydrogens (tertiary/aromatic N) is 2. The van der Waals surface area contributed by atoms with Crippen LogP contribution in [0.15, 0.2) is 12.3 Å². The number of carbonyl (C=O) groups is 1. The maximum atomic E-state index is 11.1. The van der Waals surface area contributed by atoms with E-state index in [0.29, 0.717) is 13.2 Å². The average Bonchev–Trinajstić information content (AvgIpc) is 2.53. The second-order valence-corrected chi connectivity index (χ2v) is 2.74. The standard InChI is InChI=1S/C9H14N2O3/c1-3-14-9(12)6-11-5-4-8(10-11)7-13-2/h4-5H,3,6-7H2,1-2H3. The van der Waals surface area contributed by atoms with Crippen molar-refractivity contribution in [3.8, 4) is 0 Å². The molecule has 1 aromatic heterocycles. The normalized spacial score (nSPS) is 10.1. The molecule has 0 spiro atoms. The Bertz CT molecular complexity index is 296. The summed E-state index contributed by atoms with van der Waals surface area (Å²) >= 11 is 0. The van der Waals surface area contributed by atoms with Crippen molar-refractivity contribution >= 4 is 5.97 Å². The van der Waals surface area contributed by atoms with E-state index in [0.717, 1.165) is 5.69 Å². The first-order valence-corrected chi connectivity index (χ1v) is 4.43. The van der Waals surface area contributed by atoms with Gasteiger partial charge in [0.1, 0.15) is 6.54 Å². The molecule has 0 saturated heterocycles. The molecule has 0 N–H and O–H groups in total. The van der Waals surface area contributed by atoms with Crippen LogP contribution in [0.1, 0.15) is 12.6 Å². The zero-order valence-corrected chi connectivity index (χ0v) is 8.40. The zero-order valence-electron chi connectivity index (χ0n) is 8.40. The maximum Gasteiger partial charge on any atom is 0.327 e. The highest BCUT2D eigenvalue weighted by molar-refractivity contribution is 5.68. The molecule has 78 valence electrons. The minimum atomic E-state index is -0.278. The molecule has 0 unspecified atom stereocenters. The molecule has 1 rings (SSSR count). The molecule has 14 heavy (non-hydrogen) atoms. The number of aromatic nitrogens is 2. The molecular weight excluding hydrogens is 184 g/mol. The lowest BCUT2D eigenvalue weighted by molar-refractivity contribution is -0.144. The summed E-state index contributed by atoms with van der Waals surface area (Å²) in [5.41, 5.74) is 0.803. The highest BCUT2D eigenvalue weighted by Gasteiger charge is 2.04. The molecule has 0 aliphatic rings. The van der Waals surface area contributed by atoms with Crippen molar-refractivity contribution in [1.82, 2.24) is 9.78 Å². The van der Waals surface area contributed by atoms with Crippen LogP contribution in [0.3, 0.4) is 0 Å². The van der Waals surface area contributed by atoms with E-state index in [1.54, 1.807) is 20.2 Å². The predicted molar refractivity (Wildman–Crippen MR) is 49.6 cm³/mol. The largest absolute Gasteiger partial charge is 0.465 e. The van der Waals surface area contributed by atoms with E-state index < -0.39 is 0 Å². The van der Waals surface area contributed by atoms with E-state index in [4.69, 9.17) is 9.47 Å². The number of hydrogen-bond donors (Lipinski definition) is 0. The first-order valence-electron chi connectivity index (χ1n) is 4.43. The molecule has 0 radical (unpaired) electrons. The summed E-state index contributed by atoms with van der Waals surface area (Å²) in [7, 11) is 1.60. The number of methoxy groups -OCH3 is 1. The molecule has 5 heteroatoms. The smallest absolute Gasteiger partial charge is 0.327 e. The van der Waals surface area contributed by atoms with Crippen LogP contribution in [-0.4, -0.2) is 29.5 Å². The minimum absolute atomic E-state index is 0.150. The van der Waals surface area contributed by atoms with E-state index in [1.165, 1.54) is 4.68 Å². The van der Waals surface area contributed by atoms with Gasteiger partial charge < -0.3 is 9.47 Å². The molecule has 5 nitrogen and oxygen atoms in total. The summed E-state index contributed by atoms with van der Waals surface area (Å²) in [6.45, 7) is 2.77. The summed E-state index contributed by atoms with van der Waals surface area (Å²) in [5, 5.41) is 4.11. The SMILES string of the molecule is CCOC(=O)Cn1ccc(COC)n1. The topological polar surface area (TPSA) is 53.4 Å². The Morgan fingerprint density at radius 3 is 3.07 bits per heavy atom. The quantitative estimate of drug-likeness (QED) is 0.650. The fourth-order valence-corrected chi connectivity index (χ4v) is 1.06. The third-order valence-electron chi connectivity index (χ3n) is 1.58. The Kier molecular flexibility index (Phi) is 4.12. The second-order valence-electron chi connectivity index (χ2n) is 2.74. The van der Waals surface area contributed by atoms with Gasteiger partial charge in [-0.3, -0.25) is 9.48 Å². The summed E-state index contributed by atoms with van der Waals surface area (Å²) in [5.74, 6) is -0.278. The molecule has 0 bridgehead atoms. The molecule has 0 aliphatic heterocycles. The van der Waals surface area contributed by atoms with Crippen molar-refractivity contribution < 1.29 is 14.3 Å². The monoisotopic (exact) mass is 198 g/mol. The van der Waals surface area contributed by atoms with Gasteiger partial charge in [-0.25, -0.2) is 0 Å². The van der Waals surface area contributed by atoms with E-state index in [9.17, 15) is 4.79 Å². The number of esters is 1. The number of hydrogen-bond acceptors (Lipinski definition) is 4. The van der Waals surface area contributed by atoms with Gasteiger partial charge >= 0.3 is 5.97 Å². The van der Waals surface area contributed by atoms with Gasteiger partial charge in [-0.2, -0.15) is 5.10 Å². The molecule has 0 saturated carbocycles. The Hall–Kier alpha value is -1.36. The Labute approximate surface area is 82.6 Å². The van der Waals surface area contributed by atoms with E-state index in [2.05, 4.69) is 5.10 Å². The number of ether oxygens (including phenoxy) is 2. The summed E-state index contributed by atoms with van der Waals surface area (Å²) in [6, 6.07) is 1.81. The molecule has 0 aliphatic carbocycles. The van der Waals surface area contributed by atoms with E-state index >= 15 is 0 Å². The lowest BCUT2D eigenvalue weighted by atomic mass is 10.5. The van der Waals surface area contributed by atoms with Gasteiger partial charge in [-0.05, 0) is 13.0 Å². The average molecular weight is 198 g/mol. The summed E-state index contributed by atoms with van der Waals surface area (Å²) < 4.78 is 11.2. The molecule has 0 atom stereocenters. The molecule has 0 fully saturated rings. The highest BCUT2D eigenvalue weighted by Crippen LogP contribution is 1.97. The van der Waals surface area contributed by atoms with Crippen molar-refractivity contribution in [3.63, 3.8) is 0 Å². The summed E-state index contributed by atoms with van der Waals surface area (Å²) in [4.78, 5) is 11.1. The summed E-state index contributed by atoms with van der Waals surface area (Å²) in [6.07, 6.45) is 1.73. The van der Waals surface area contributed by atoms with Crippen LogP contribution in [0.2, 0.25) is 0 Å². The molecular formula is C9H14N2O3. The van der Waals surface area contributed by atoms with Crippen molar-refractivity contribution in [2.75, 3.05) is 13.7 Å². The van der Waals surface area contributed by atoms with Gasteiger partial charge in [-0.15, -0.1) is 0 Å². The maximum absolute atomic E-state index is 11.1. The van der Waals surface area contributed by atoms with Gasteiger partial charge in [0, 0.05) is 13.3 Å². The fraction of sp³-hybridized carbons (Fsp3) is 0.556. The Balaban J connectivity index is 2.46. The third-order valence-corrected chi connectivity index (χ3v) is 1.58. The van der Waals surface area contributed by atoms with Crippen molar-refractivity contribution in [2.45, 2.75) is 20.1 Å². The highest BCUT2D eigenvalue weighted by atomic mass is 16.5. The molecule has 1 aromatic rings. The Morgan fingerprint density at radius 2 is 2.43 bits per heavy atom. The van der Waals surface area contributed by atoms with Crippen molar-refractivity contribution in [1.29, 1.82) is 0 Å². The van der Waals surface area contributed by atoms with Crippen LogP contribution in [0.25, 0.3) is 0 Å². The van der Waals surface area contributed by atoms with Gasteiger partial charge in [0.2, 0.25) is 0 Å². The second kappa shape index (κ2) is 5.39. The fourth-order valence-electron chi connectivity index (χ4n) is 1.06. The predicted octanol–water partition coefficient (Wildman–Crippen LogP) is 0.593. The molecule has 0 aromatic carbocycles. The van der Waals surface area contributed by atoms with Crippen molar-refractivity contribution in [2.24, 2.45) is 0 Å². The lowest BCUT2D eigenvalue weighted by Gasteiger charge is -2.01. The number of carbonyl (C=O) groups excluding carboxylic acids is 1. The van der Waals surface area contributed by atoms with Crippen LogP contribution in [0.4, 0.5) is 0 Å². The zero-order chi connectivity index (χ0) is 10.4. The van der Waals surface area contributed by atoms with Crippen LogP contribution < -0.4 is 0 Å². The third kappa shape index (κ3) is 3.18. The Morgan fingerprint density at radius 1 is 1.64 bits per heavy atom. The van der Waals surface area contributed by atoms with Gasteiger partial charge in [0.05, 0.1) is 18.9 Å². The van der Waals surface area contributed by atoms with Crippen LogP contribution in [0.5, 0.6) is 0 Å². The van der Waals surface area contributed by atoms with Crippen molar-refractivity contribution in [3.05, 3.63) is 18.0 Å². The minimum Gasteiger partial charge on any atom is -0.465 e. The van der Waals surface area contributed by atoms with Crippen LogP contribution in [-0.2, 0) is 27.4 Å². The first kappa shape index (κ1) is 10.7. The molecule has 0 amide bonds. The van der Waals surface area contributed by atoms with E-state index in [1.807, 2.05) is 6.07 Å².